The minimum absolute atomic E-state index is 0.0138. The monoisotopic (exact) mass is 500 g/mol. The molecule has 3 aromatic rings. The lowest BCUT2D eigenvalue weighted by Crippen LogP contribution is -2.21. The molecular weight excluding hydrogens is 472 g/mol. The summed E-state index contributed by atoms with van der Waals surface area (Å²) < 4.78 is 43.6. The van der Waals surface area contributed by atoms with Gasteiger partial charge in [0.2, 0.25) is 5.88 Å². The Morgan fingerprint density at radius 1 is 1.00 bits per heavy atom. The molecule has 1 aromatic heterocycles. The normalized spacial score (nSPS) is 11.1. The van der Waals surface area contributed by atoms with E-state index in [0.29, 0.717) is 11.4 Å². The minimum Gasteiger partial charge on any atom is -0.483 e. The van der Waals surface area contributed by atoms with Crippen molar-refractivity contribution >= 4 is 27.4 Å². The molecule has 1 heterocycles. The van der Waals surface area contributed by atoms with Crippen molar-refractivity contribution in [3.05, 3.63) is 59.7 Å². The van der Waals surface area contributed by atoms with E-state index in [1.165, 1.54) is 44.6 Å². The fourth-order valence-electron chi connectivity index (χ4n) is 3.15. The Kier molecular flexibility index (Phi) is 8.13. The molecule has 2 N–H and O–H groups in total. The lowest BCUT2D eigenvalue weighted by atomic mass is 10.0. The van der Waals surface area contributed by atoms with Gasteiger partial charge in [0, 0.05) is 11.8 Å². The van der Waals surface area contributed by atoms with Crippen molar-refractivity contribution in [1.82, 2.24) is 9.97 Å². The van der Waals surface area contributed by atoms with E-state index in [1.54, 1.807) is 0 Å². The highest BCUT2D eigenvalue weighted by molar-refractivity contribution is 7.92. The molecule has 1 amide bonds. The molecule has 0 aliphatic rings. The van der Waals surface area contributed by atoms with Gasteiger partial charge in [0.05, 0.1) is 19.1 Å². The second-order valence-electron chi connectivity index (χ2n) is 7.94. The topological polar surface area (TPSA) is 129 Å². The zero-order valence-electron chi connectivity index (χ0n) is 20.2. The fourth-order valence-corrected chi connectivity index (χ4v) is 4.14. The van der Waals surface area contributed by atoms with Crippen molar-refractivity contribution in [2.24, 2.45) is 0 Å². The average molecular weight is 501 g/mol. The maximum atomic E-state index is 12.7. The summed E-state index contributed by atoms with van der Waals surface area (Å²) in [6.07, 6.45) is 0. The number of aryl methyl sites for hydroxylation is 1. The second-order valence-corrected chi connectivity index (χ2v) is 9.63. The van der Waals surface area contributed by atoms with Gasteiger partial charge in [-0.3, -0.25) is 9.52 Å². The molecule has 0 saturated carbocycles. The van der Waals surface area contributed by atoms with Crippen LogP contribution in [-0.2, 0) is 14.8 Å². The number of anilines is 2. The molecule has 0 fully saturated rings. The Labute approximate surface area is 204 Å². The Morgan fingerprint density at radius 2 is 1.71 bits per heavy atom. The maximum absolute atomic E-state index is 12.7. The van der Waals surface area contributed by atoms with Crippen LogP contribution in [0.2, 0.25) is 0 Å². The summed E-state index contributed by atoms with van der Waals surface area (Å²) >= 11 is 0. The zero-order chi connectivity index (χ0) is 25.6. The quantitative estimate of drug-likeness (QED) is 0.431. The number of rotatable bonds is 10. The molecule has 0 saturated heterocycles. The maximum Gasteiger partial charge on any atom is 0.321 e. The fraction of sp³-hybridized carbons (Fsp3) is 0.292. The molecule has 0 aliphatic heterocycles. The molecule has 0 unspecified atom stereocenters. The van der Waals surface area contributed by atoms with Crippen LogP contribution in [0.15, 0.2) is 53.4 Å². The van der Waals surface area contributed by atoms with Gasteiger partial charge in [0.15, 0.2) is 12.4 Å². The number of nitrogens with one attached hydrogen (secondary N) is 2. The van der Waals surface area contributed by atoms with Gasteiger partial charge in [-0.05, 0) is 54.3 Å². The molecule has 0 spiro atoms. The molecular formula is C24H28N4O6S. The number of ether oxygens (including phenoxy) is 3. The number of carbonyl (C=O) groups excluding carboxylic acids is 1. The van der Waals surface area contributed by atoms with Crippen LogP contribution in [0.5, 0.6) is 17.6 Å². The predicted octanol–water partition coefficient (Wildman–Crippen LogP) is 3.74. The molecule has 0 radical (unpaired) electrons. The number of amides is 1. The summed E-state index contributed by atoms with van der Waals surface area (Å²) in [5, 5.41) is 2.70. The summed E-state index contributed by atoms with van der Waals surface area (Å²) in [6.45, 7) is 5.89. The SMILES string of the molecule is COc1cc(NS(=O)(=O)c2ccc(NC(=O)COc3cc(C)ccc3C(C)C)cc2)nc(OC)n1. The Hall–Kier alpha value is -3.86. The summed E-state index contributed by atoms with van der Waals surface area (Å²) in [5.41, 5.74) is 2.48. The van der Waals surface area contributed by atoms with E-state index in [2.05, 4.69) is 33.9 Å². The van der Waals surface area contributed by atoms with E-state index in [1.807, 2.05) is 25.1 Å². The summed E-state index contributed by atoms with van der Waals surface area (Å²) in [5.74, 6) is 0.679. The first-order valence-electron chi connectivity index (χ1n) is 10.7. The second kappa shape index (κ2) is 11.0. The van der Waals surface area contributed by atoms with E-state index < -0.39 is 10.0 Å². The van der Waals surface area contributed by atoms with E-state index in [9.17, 15) is 13.2 Å². The van der Waals surface area contributed by atoms with Gasteiger partial charge < -0.3 is 19.5 Å². The summed E-state index contributed by atoms with van der Waals surface area (Å²) in [4.78, 5) is 20.3. The van der Waals surface area contributed by atoms with Gasteiger partial charge in [-0.15, -0.1) is 0 Å². The third kappa shape index (κ3) is 6.82. The van der Waals surface area contributed by atoms with Gasteiger partial charge in [0.25, 0.3) is 15.9 Å². The first-order valence-corrected chi connectivity index (χ1v) is 12.2. The van der Waals surface area contributed by atoms with Gasteiger partial charge >= 0.3 is 6.01 Å². The lowest BCUT2D eigenvalue weighted by molar-refractivity contribution is -0.118. The summed E-state index contributed by atoms with van der Waals surface area (Å²) in [6, 6.07) is 12.9. The van der Waals surface area contributed by atoms with Crippen molar-refractivity contribution < 1.29 is 27.4 Å². The van der Waals surface area contributed by atoms with Crippen molar-refractivity contribution in [2.45, 2.75) is 31.6 Å². The molecule has 3 rings (SSSR count). The molecule has 2 aromatic carbocycles. The number of sulfonamides is 1. The average Bonchev–Trinajstić information content (AvgIpc) is 2.82. The van der Waals surface area contributed by atoms with Crippen LogP contribution in [0.25, 0.3) is 0 Å². The van der Waals surface area contributed by atoms with Crippen molar-refractivity contribution in [2.75, 3.05) is 30.9 Å². The first kappa shape index (κ1) is 25.8. The smallest absolute Gasteiger partial charge is 0.321 e. The minimum atomic E-state index is -3.96. The number of carbonyl (C=O) groups is 1. The number of benzene rings is 2. The van der Waals surface area contributed by atoms with E-state index in [0.717, 1.165) is 11.1 Å². The van der Waals surface area contributed by atoms with Crippen LogP contribution < -0.4 is 24.2 Å². The van der Waals surface area contributed by atoms with Crippen molar-refractivity contribution in [3.63, 3.8) is 0 Å². The van der Waals surface area contributed by atoms with Gasteiger partial charge in [-0.1, -0.05) is 26.0 Å². The van der Waals surface area contributed by atoms with Crippen molar-refractivity contribution in [3.8, 4) is 17.6 Å². The number of hydrogen-bond acceptors (Lipinski definition) is 8. The number of nitrogens with zero attached hydrogens (tertiary/aromatic N) is 2. The third-order valence-corrected chi connectivity index (χ3v) is 6.28. The Morgan fingerprint density at radius 3 is 2.34 bits per heavy atom. The lowest BCUT2D eigenvalue weighted by Gasteiger charge is -2.15. The third-order valence-electron chi connectivity index (χ3n) is 4.91. The van der Waals surface area contributed by atoms with Crippen LogP contribution >= 0.6 is 0 Å². The van der Waals surface area contributed by atoms with Crippen LogP contribution in [-0.4, -0.2) is 45.1 Å². The molecule has 11 heteroatoms. The van der Waals surface area contributed by atoms with Crippen LogP contribution in [0.1, 0.15) is 30.9 Å². The number of methoxy groups -OCH3 is 2. The Bertz CT molecular complexity index is 1270. The highest BCUT2D eigenvalue weighted by atomic mass is 32.2. The number of aromatic nitrogens is 2. The molecule has 35 heavy (non-hydrogen) atoms. The first-order chi connectivity index (χ1) is 16.6. The number of hydrogen-bond donors (Lipinski definition) is 2. The Balaban J connectivity index is 1.65. The van der Waals surface area contributed by atoms with E-state index >= 15 is 0 Å². The largest absolute Gasteiger partial charge is 0.483 e. The van der Waals surface area contributed by atoms with Crippen LogP contribution in [0.3, 0.4) is 0 Å². The van der Waals surface area contributed by atoms with Crippen LogP contribution in [0.4, 0.5) is 11.5 Å². The van der Waals surface area contributed by atoms with Crippen LogP contribution in [0, 0.1) is 6.92 Å². The highest BCUT2D eigenvalue weighted by Gasteiger charge is 2.17. The molecule has 0 aliphatic carbocycles. The van der Waals surface area contributed by atoms with Gasteiger partial charge in [-0.25, -0.2) is 8.42 Å². The van der Waals surface area contributed by atoms with Crippen molar-refractivity contribution in [1.29, 1.82) is 0 Å². The molecule has 0 atom stereocenters. The standard InChI is InChI=1S/C24H28N4O6S/c1-15(2)19-11-6-16(3)12-20(19)34-14-22(29)25-17-7-9-18(10-8-17)35(30,31)28-21-13-23(32-4)27-24(26-21)33-5/h6-13,15H,14H2,1-5H3,(H,25,29)(H,26,27,28). The highest BCUT2D eigenvalue weighted by Crippen LogP contribution is 2.27. The van der Waals surface area contributed by atoms with Gasteiger partial charge in [0.1, 0.15) is 5.75 Å². The molecule has 0 bridgehead atoms. The molecule has 186 valence electrons. The predicted molar refractivity (Wildman–Crippen MR) is 132 cm³/mol. The zero-order valence-corrected chi connectivity index (χ0v) is 21.0. The van der Waals surface area contributed by atoms with Gasteiger partial charge in [-0.2, -0.15) is 9.97 Å². The molecule has 10 nitrogen and oxygen atoms in total. The van der Waals surface area contributed by atoms with E-state index in [-0.39, 0.29) is 41.0 Å². The van der Waals surface area contributed by atoms with E-state index in [4.69, 9.17) is 14.2 Å². The summed E-state index contributed by atoms with van der Waals surface area (Å²) in [7, 11) is -1.21.